The minimum Gasteiger partial charge on any atom is -0.491 e. The second-order valence-corrected chi connectivity index (χ2v) is 10.1. The standard InChI is InChI=1S/C23H26N4O7S/c1-16(2)34-18-4-6-19(7-5-18)35(30,31)27-11-9-26(10-12-27)17-3-8-20(23-25-24-15-33-23)21(13-17)32-14-22(28)29/h3-8,13,15-16H,9-12,14H2,1-2H3,(H,28,29). The van der Waals surface area contributed by atoms with Crippen LogP contribution < -0.4 is 14.4 Å². The fraction of sp³-hybridized carbons (Fsp3) is 0.348. The van der Waals surface area contributed by atoms with Crippen LogP contribution in [0.15, 0.2) is 58.2 Å². The normalized spacial score (nSPS) is 14.8. The average Bonchev–Trinajstić information content (AvgIpc) is 3.37. The summed E-state index contributed by atoms with van der Waals surface area (Å²) < 4.78 is 43.9. The van der Waals surface area contributed by atoms with E-state index in [1.807, 2.05) is 24.8 Å². The molecular weight excluding hydrogens is 476 g/mol. The van der Waals surface area contributed by atoms with Crippen molar-refractivity contribution in [2.75, 3.05) is 37.7 Å². The number of aliphatic carboxylic acids is 1. The Morgan fingerprint density at radius 1 is 1.11 bits per heavy atom. The van der Waals surface area contributed by atoms with E-state index in [-0.39, 0.29) is 22.6 Å². The molecule has 0 bridgehead atoms. The Balaban J connectivity index is 1.47. The highest BCUT2D eigenvalue weighted by molar-refractivity contribution is 7.89. The third kappa shape index (κ3) is 5.72. The number of rotatable bonds is 9. The topological polar surface area (TPSA) is 135 Å². The quantitative estimate of drug-likeness (QED) is 0.465. The first kappa shape index (κ1) is 24.5. The van der Waals surface area contributed by atoms with E-state index in [1.54, 1.807) is 36.4 Å². The molecule has 0 unspecified atom stereocenters. The maximum Gasteiger partial charge on any atom is 0.341 e. The zero-order chi connectivity index (χ0) is 25.0. The highest BCUT2D eigenvalue weighted by Crippen LogP contribution is 2.33. The molecule has 35 heavy (non-hydrogen) atoms. The molecule has 1 aliphatic rings. The molecule has 186 valence electrons. The van der Waals surface area contributed by atoms with Gasteiger partial charge in [0.15, 0.2) is 6.61 Å². The van der Waals surface area contributed by atoms with Crippen LogP contribution in [0.25, 0.3) is 11.5 Å². The maximum atomic E-state index is 13.1. The molecular formula is C23H26N4O7S. The summed E-state index contributed by atoms with van der Waals surface area (Å²) in [5.41, 5.74) is 1.24. The number of hydrogen-bond acceptors (Lipinski definition) is 9. The van der Waals surface area contributed by atoms with Gasteiger partial charge in [-0.25, -0.2) is 13.2 Å². The van der Waals surface area contributed by atoms with Crippen molar-refractivity contribution in [3.8, 4) is 23.0 Å². The number of ether oxygens (including phenoxy) is 2. The molecule has 4 rings (SSSR count). The van der Waals surface area contributed by atoms with Gasteiger partial charge in [-0.3, -0.25) is 0 Å². The van der Waals surface area contributed by atoms with Crippen LogP contribution in [0.3, 0.4) is 0 Å². The Labute approximate surface area is 202 Å². The first-order chi connectivity index (χ1) is 16.7. The Kier molecular flexibility index (Phi) is 7.22. The summed E-state index contributed by atoms with van der Waals surface area (Å²) in [5.74, 6) is -0.00579. The summed E-state index contributed by atoms with van der Waals surface area (Å²) in [5, 5.41) is 16.5. The molecule has 12 heteroatoms. The number of carbonyl (C=O) groups is 1. The number of nitrogens with zero attached hydrogens (tertiary/aromatic N) is 4. The van der Waals surface area contributed by atoms with Gasteiger partial charge in [0, 0.05) is 37.9 Å². The molecule has 0 saturated carbocycles. The van der Waals surface area contributed by atoms with E-state index in [0.29, 0.717) is 37.5 Å². The van der Waals surface area contributed by atoms with Crippen molar-refractivity contribution in [1.82, 2.24) is 14.5 Å². The highest BCUT2D eigenvalue weighted by atomic mass is 32.2. The minimum atomic E-state index is -3.64. The lowest BCUT2D eigenvalue weighted by atomic mass is 10.1. The Hall–Kier alpha value is -3.64. The predicted octanol–water partition coefficient (Wildman–Crippen LogP) is 2.50. The van der Waals surface area contributed by atoms with Crippen LogP contribution in [-0.2, 0) is 14.8 Å². The number of carboxylic acid groups (broad SMARTS) is 1. The second-order valence-electron chi connectivity index (χ2n) is 8.14. The van der Waals surface area contributed by atoms with Crippen molar-refractivity contribution in [3.05, 3.63) is 48.9 Å². The SMILES string of the molecule is CC(C)Oc1ccc(S(=O)(=O)N2CCN(c3ccc(-c4nnco4)c(OCC(=O)O)c3)CC2)cc1. The second kappa shape index (κ2) is 10.3. The van der Waals surface area contributed by atoms with E-state index in [9.17, 15) is 13.2 Å². The molecule has 2 aromatic carbocycles. The molecule has 1 fully saturated rings. The van der Waals surface area contributed by atoms with Crippen molar-refractivity contribution in [2.24, 2.45) is 0 Å². The van der Waals surface area contributed by atoms with E-state index < -0.39 is 22.6 Å². The van der Waals surface area contributed by atoms with Crippen LogP contribution in [0.4, 0.5) is 5.69 Å². The van der Waals surface area contributed by atoms with Gasteiger partial charge in [-0.1, -0.05) is 0 Å². The van der Waals surface area contributed by atoms with Gasteiger partial charge in [0.05, 0.1) is 16.6 Å². The molecule has 1 aliphatic heterocycles. The van der Waals surface area contributed by atoms with E-state index in [4.69, 9.17) is 19.0 Å². The molecule has 0 spiro atoms. The number of sulfonamides is 1. The third-order valence-corrected chi connectivity index (χ3v) is 7.26. The number of aromatic nitrogens is 2. The number of benzene rings is 2. The van der Waals surface area contributed by atoms with E-state index >= 15 is 0 Å². The van der Waals surface area contributed by atoms with Gasteiger partial charge in [0.1, 0.15) is 11.5 Å². The minimum absolute atomic E-state index is 0.00153. The largest absolute Gasteiger partial charge is 0.491 e. The lowest BCUT2D eigenvalue weighted by molar-refractivity contribution is -0.139. The summed E-state index contributed by atoms with van der Waals surface area (Å²) in [7, 11) is -3.64. The monoisotopic (exact) mass is 502 g/mol. The summed E-state index contributed by atoms with van der Waals surface area (Å²) in [6.07, 6.45) is 1.18. The molecule has 2 heterocycles. The Morgan fingerprint density at radius 3 is 2.43 bits per heavy atom. The van der Waals surface area contributed by atoms with Gasteiger partial charge < -0.3 is 23.9 Å². The van der Waals surface area contributed by atoms with Gasteiger partial charge in [0.2, 0.25) is 16.4 Å². The molecule has 11 nitrogen and oxygen atoms in total. The fourth-order valence-electron chi connectivity index (χ4n) is 3.73. The van der Waals surface area contributed by atoms with Crippen molar-refractivity contribution < 1.29 is 32.2 Å². The van der Waals surface area contributed by atoms with E-state index in [2.05, 4.69) is 10.2 Å². The molecule has 1 saturated heterocycles. The van der Waals surface area contributed by atoms with Gasteiger partial charge in [-0.05, 0) is 50.2 Å². The van der Waals surface area contributed by atoms with Gasteiger partial charge in [-0.2, -0.15) is 4.31 Å². The maximum absolute atomic E-state index is 13.1. The van der Waals surface area contributed by atoms with Crippen LogP contribution in [0.2, 0.25) is 0 Å². The van der Waals surface area contributed by atoms with Crippen molar-refractivity contribution in [1.29, 1.82) is 0 Å². The Morgan fingerprint density at radius 2 is 1.83 bits per heavy atom. The number of piperazine rings is 1. The average molecular weight is 503 g/mol. The van der Waals surface area contributed by atoms with Crippen molar-refractivity contribution in [2.45, 2.75) is 24.8 Å². The molecule has 0 aliphatic carbocycles. The number of anilines is 1. The van der Waals surface area contributed by atoms with Crippen LogP contribution in [0, 0.1) is 0 Å². The van der Waals surface area contributed by atoms with E-state index in [1.165, 1.54) is 10.7 Å². The number of hydrogen-bond donors (Lipinski definition) is 1. The summed E-state index contributed by atoms with van der Waals surface area (Å²) >= 11 is 0. The van der Waals surface area contributed by atoms with E-state index in [0.717, 1.165) is 5.69 Å². The molecule has 1 aromatic heterocycles. The lowest BCUT2D eigenvalue weighted by Crippen LogP contribution is -2.48. The van der Waals surface area contributed by atoms with Crippen LogP contribution >= 0.6 is 0 Å². The zero-order valence-electron chi connectivity index (χ0n) is 19.3. The fourth-order valence-corrected chi connectivity index (χ4v) is 5.15. The summed E-state index contributed by atoms with van der Waals surface area (Å²) in [6.45, 7) is 4.77. The summed E-state index contributed by atoms with van der Waals surface area (Å²) in [4.78, 5) is 13.2. The smallest absolute Gasteiger partial charge is 0.341 e. The zero-order valence-corrected chi connectivity index (χ0v) is 20.1. The van der Waals surface area contributed by atoms with Crippen molar-refractivity contribution in [3.63, 3.8) is 0 Å². The molecule has 3 aromatic rings. The molecule has 0 amide bonds. The number of carboxylic acids is 1. The molecule has 0 atom stereocenters. The summed E-state index contributed by atoms with van der Waals surface area (Å²) in [6, 6.07) is 11.7. The van der Waals surface area contributed by atoms with Crippen LogP contribution in [0.5, 0.6) is 11.5 Å². The first-order valence-corrected chi connectivity index (χ1v) is 12.4. The van der Waals surface area contributed by atoms with Crippen molar-refractivity contribution >= 4 is 21.7 Å². The molecule has 0 radical (unpaired) electrons. The van der Waals surface area contributed by atoms with Gasteiger partial charge in [-0.15, -0.1) is 10.2 Å². The van der Waals surface area contributed by atoms with Gasteiger partial charge in [0.25, 0.3) is 5.89 Å². The highest BCUT2D eigenvalue weighted by Gasteiger charge is 2.29. The van der Waals surface area contributed by atoms with Crippen LogP contribution in [0.1, 0.15) is 13.8 Å². The first-order valence-electron chi connectivity index (χ1n) is 11.0. The Bertz CT molecular complexity index is 1250. The van der Waals surface area contributed by atoms with Crippen LogP contribution in [-0.4, -0.2) is 72.9 Å². The van der Waals surface area contributed by atoms with Gasteiger partial charge >= 0.3 is 5.97 Å². The molecule has 1 N–H and O–H groups in total. The predicted molar refractivity (Wildman–Crippen MR) is 126 cm³/mol. The third-order valence-electron chi connectivity index (χ3n) is 5.34. The lowest BCUT2D eigenvalue weighted by Gasteiger charge is -2.35.